The first-order valence-corrected chi connectivity index (χ1v) is 12.1. The van der Waals surface area contributed by atoms with Gasteiger partial charge in [0, 0.05) is 32.1 Å². The molecule has 1 saturated carbocycles. The van der Waals surface area contributed by atoms with Crippen LogP contribution in [0.2, 0.25) is 0 Å². The summed E-state index contributed by atoms with van der Waals surface area (Å²) in [6.45, 7) is 1.57. The molecule has 2 aliphatic rings. The van der Waals surface area contributed by atoms with Crippen molar-refractivity contribution in [1.82, 2.24) is 29.8 Å². The summed E-state index contributed by atoms with van der Waals surface area (Å²) in [5.74, 6) is 3.17. The van der Waals surface area contributed by atoms with Crippen molar-refractivity contribution in [2.24, 2.45) is 5.92 Å². The molecule has 10 heteroatoms. The number of pyridine rings is 1. The summed E-state index contributed by atoms with van der Waals surface area (Å²) in [7, 11) is 3.44. The number of aromatic nitrogens is 5. The smallest absolute Gasteiger partial charge is 0.261 e. The molecule has 1 fully saturated rings. The molecule has 1 aromatic carbocycles. The molecule has 0 saturated heterocycles. The number of ether oxygens (including phenoxy) is 1. The number of likely N-dealkylation sites (N-methyl/N-ethyl adjacent to an activating group) is 1. The topological polar surface area (TPSA) is 111 Å². The maximum atomic E-state index is 12.0. The Morgan fingerprint density at radius 2 is 2.00 bits per heavy atom. The molecule has 36 heavy (non-hydrogen) atoms. The lowest BCUT2D eigenvalue weighted by Gasteiger charge is -2.18. The first-order valence-electron chi connectivity index (χ1n) is 12.1. The van der Waals surface area contributed by atoms with E-state index in [2.05, 4.69) is 44.8 Å². The molecule has 1 N–H and O–H groups in total. The van der Waals surface area contributed by atoms with Gasteiger partial charge in [-0.1, -0.05) is 29.4 Å². The second-order valence-corrected chi connectivity index (χ2v) is 9.46. The standard InChI is InChI=1S/C26H27N7O3/c1-32(2)22(34)15-33-14-20(13-29-33)26-30-25(31-36-26)23(18-7-8-18)17-5-3-16(4-6-17)19-11-21-24(28-12-19)27-9-10-35-21/h3-6,11-14,18,23H,7-10,15H2,1-2H3,(H,27,28)/t23-/m0/s1. The van der Waals surface area contributed by atoms with E-state index in [1.165, 1.54) is 4.90 Å². The van der Waals surface area contributed by atoms with Crippen LogP contribution in [-0.4, -0.2) is 63.0 Å². The largest absolute Gasteiger partial charge is 0.488 e. The van der Waals surface area contributed by atoms with Crippen molar-refractivity contribution in [3.63, 3.8) is 0 Å². The molecule has 0 unspecified atom stereocenters. The van der Waals surface area contributed by atoms with Crippen LogP contribution in [0.4, 0.5) is 5.82 Å². The fourth-order valence-corrected chi connectivity index (χ4v) is 4.44. The van der Waals surface area contributed by atoms with Crippen LogP contribution in [0.1, 0.15) is 30.1 Å². The lowest BCUT2D eigenvalue weighted by molar-refractivity contribution is -0.129. The molecule has 1 aliphatic carbocycles. The summed E-state index contributed by atoms with van der Waals surface area (Å²) in [5.41, 5.74) is 3.94. The van der Waals surface area contributed by atoms with Crippen LogP contribution in [0.3, 0.4) is 0 Å². The highest BCUT2D eigenvalue weighted by Crippen LogP contribution is 2.46. The number of nitrogens with one attached hydrogen (secondary N) is 1. The number of benzene rings is 1. The predicted octanol–water partition coefficient (Wildman–Crippen LogP) is 3.43. The van der Waals surface area contributed by atoms with E-state index in [9.17, 15) is 4.79 Å². The van der Waals surface area contributed by atoms with Gasteiger partial charge in [-0.15, -0.1) is 0 Å². The van der Waals surface area contributed by atoms with Crippen molar-refractivity contribution in [3.05, 3.63) is 60.3 Å². The van der Waals surface area contributed by atoms with Gasteiger partial charge in [0.25, 0.3) is 5.89 Å². The molecule has 0 radical (unpaired) electrons. The molecule has 4 heterocycles. The predicted molar refractivity (Wildman–Crippen MR) is 132 cm³/mol. The zero-order valence-electron chi connectivity index (χ0n) is 20.2. The molecule has 1 aliphatic heterocycles. The lowest BCUT2D eigenvalue weighted by Crippen LogP contribution is -2.26. The minimum absolute atomic E-state index is 0.0385. The Balaban J connectivity index is 1.22. The van der Waals surface area contributed by atoms with Crippen LogP contribution < -0.4 is 10.1 Å². The first-order chi connectivity index (χ1) is 17.5. The van der Waals surface area contributed by atoms with Crippen molar-refractivity contribution in [2.45, 2.75) is 25.3 Å². The van der Waals surface area contributed by atoms with E-state index in [0.717, 1.165) is 47.6 Å². The number of rotatable bonds is 7. The quantitative estimate of drug-likeness (QED) is 0.424. The number of anilines is 1. The van der Waals surface area contributed by atoms with E-state index in [-0.39, 0.29) is 18.4 Å². The normalized spacial score (nSPS) is 15.5. The number of carbonyl (C=O) groups is 1. The van der Waals surface area contributed by atoms with Gasteiger partial charge in [0.05, 0.1) is 24.2 Å². The Hall–Kier alpha value is -4.21. The Labute approximate surface area is 208 Å². The van der Waals surface area contributed by atoms with Crippen molar-refractivity contribution in [3.8, 4) is 28.3 Å². The van der Waals surface area contributed by atoms with Gasteiger partial charge >= 0.3 is 0 Å². The average molecular weight is 486 g/mol. The number of hydrogen-bond donors (Lipinski definition) is 1. The molecule has 4 aromatic rings. The van der Waals surface area contributed by atoms with Crippen LogP contribution >= 0.6 is 0 Å². The Kier molecular flexibility index (Phi) is 5.63. The molecule has 0 bridgehead atoms. The molecule has 0 spiro atoms. The Bertz CT molecular complexity index is 1390. The third-order valence-electron chi connectivity index (χ3n) is 6.60. The van der Waals surface area contributed by atoms with Gasteiger partial charge in [0.2, 0.25) is 5.91 Å². The van der Waals surface area contributed by atoms with Gasteiger partial charge in [0.1, 0.15) is 13.2 Å². The molecule has 1 amide bonds. The molecular weight excluding hydrogens is 458 g/mol. The highest BCUT2D eigenvalue weighted by Gasteiger charge is 2.36. The van der Waals surface area contributed by atoms with Gasteiger partial charge < -0.3 is 19.5 Å². The van der Waals surface area contributed by atoms with E-state index in [4.69, 9.17) is 14.2 Å². The van der Waals surface area contributed by atoms with Crippen LogP contribution in [0.15, 0.2) is 53.4 Å². The Morgan fingerprint density at radius 3 is 2.78 bits per heavy atom. The molecule has 6 rings (SSSR count). The second-order valence-electron chi connectivity index (χ2n) is 9.46. The minimum Gasteiger partial charge on any atom is -0.488 e. The van der Waals surface area contributed by atoms with Crippen LogP contribution in [0.25, 0.3) is 22.6 Å². The van der Waals surface area contributed by atoms with Crippen molar-refractivity contribution < 1.29 is 14.1 Å². The lowest BCUT2D eigenvalue weighted by atomic mass is 9.92. The van der Waals surface area contributed by atoms with Gasteiger partial charge in [0.15, 0.2) is 17.4 Å². The minimum atomic E-state index is -0.0385. The van der Waals surface area contributed by atoms with E-state index >= 15 is 0 Å². The summed E-state index contributed by atoms with van der Waals surface area (Å²) >= 11 is 0. The van der Waals surface area contributed by atoms with Crippen molar-refractivity contribution in [2.75, 3.05) is 32.6 Å². The van der Waals surface area contributed by atoms with E-state index in [1.807, 2.05) is 12.3 Å². The summed E-state index contributed by atoms with van der Waals surface area (Å²) in [4.78, 5) is 22.7. The van der Waals surface area contributed by atoms with Gasteiger partial charge in [-0.05, 0) is 36.0 Å². The number of fused-ring (bicyclic) bond motifs is 1. The number of amides is 1. The fourth-order valence-electron chi connectivity index (χ4n) is 4.44. The molecule has 1 atom stereocenters. The molecule has 184 valence electrons. The average Bonchev–Trinajstić information content (AvgIpc) is 3.41. The summed E-state index contributed by atoms with van der Waals surface area (Å²) in [5, 5.41) is 11.8. The first kappa shape index (κ1) is 22.3. The van der Waals surface area contributed by atoms with Crippen LogP contribution in [-0.2, 0) is 11.3 Å². The monoisotopic (exact) mass is 485 g/mol. The maximum absolute atomic E-state index is 12.0. The van der Waals surface area contributed by atoms with Crippen molar-refractivity contribution >= 4 is 11.7 Å². The molecule has 10 nitrogen and oxygen atoms in total. The summed E-state index contributed by atoms with van der Waals surface area (Å²) in [6.07, 6.45) is 7.55. The highest BCUT2D eigenvalue weighted by atomic mass is 16.5. The van der Waals surface area contributed by atoms with Crippen molar-refractivity contribution in [1.29, 1.82) is 0 Å². The SMILES string of the molecule is CN(C)C(=O)Cn1cc(-c2nc([C@@H](c3ccc(-c4cnc5c(c4)OCCN5)cc3)C3CC3)no2)cn1. The summed E-state index contributed by atoms with van der Waals surface area (Å²) < 4.78 is 12.9. The van der Waals surface area contributed by atoms with Gasteiger partial charge in [-0.3, -0.25) is 9.48 Å². The van der Waals surface area contributed by atoms with E-state index in [0.29, 0.717) is 29.8 Å². The van der Waals surface area contributed by atoms with Crippen LogP contribution in [0, 0.1) is 5.92 Å². The van der Waals surface area contributed by atoms with E-state index < -0.39 is 0 Å². The van der Waals surface area contributed by atoms with Gasteiger partial charge in [-0.25, -0.2) is 4.98 Å². The maximum Gasteiger partial charge on any atom is 0.261 e. The second kappa shape index (κ2) is 9.10. The zero-order valence-corrected chi connectivity index (χ0v) is 20.2. The third-order valence-corrected chi connectivity index (χ3v) is 6.60. The van der Waals surface area contributed by atoms with Crippen LogP contribution in [0.5, 0.6) is 5.75 Å². The fraction of sp³-hybridized carbons (Fsp3) is 0.346. The number of nitrogens with zero attached hydrogens (tertiary/aromatic N) is 6. The summed E-state index contributed by atoms with van der Waals surface area (Å²) in [6, 6.07) is 10.5. The number of carbonyl (C=O) groups excluding carboxylic acids is 1. The zero-order chi connectivity index (χ0) is 24.6. The third kappa shape index (κ3) is 4.41. The highest BCUT2D eigenvalue weighted by molar-refractivity contribution is 5.75. The molecule has 3 aromatic heterocycles. The Morgan fingerprint density at radius 1 is 1.17 bits per heavy atom. The molecular formula is C26H27N7O3. The number of hydrogen-bond acceptors (Lipinski definition) is 8. The van der Waals surface area contributed by atoms with E-state index in [1.54, 1.807) is 31.2 Å². The van der Waals surface area contributed by atoms with Gasteiger partial charge in [-0.2, -0.15) is 10.1 Å².